The van der Waals surface area contributed by atoms with Crippen molar-refractivity contribution in [2.75, 3.05) is 6.61 Å². The van der Waals surface area contributed by atoms with Crippen molar-refractivity contribution in [3.8, 4) is 0 Å². The zero-order valence-electron chi connectivity index (χ0n) is 14.7. The molecule has 0 aliphatic carbocycles. The van der Waals surface area contributed by atoms with E-state index in [1.165, 1.54) is 0 Å². The largest absolute Gasteiger partial charge is 0.462 e. The minimum Gasteiger partial charge on any atom is -0.462 e. The van der Waals surface area contributed by atoms with Crippen LogP contribution in [0.1, 0.15) is 60.3 Å². The highest BCUT2D eigenvalue weighted by Crippen LogP contribution is 2.17. The summed E-state index contributed by atoms with van der Waals surface area (Å²) in [5.41, 5.74) is -0.737. The Morgan fingerprint density at radius 3 is 2.05 bits per heavy atom. The molecule has 0 rings (SSSR count). The first-order valence-electron chi connectivity index (χ1n) is 7.91. The van der Waals surface area contributed by atoms with Gasteiger partial charge in [0.1, 0.15) is 5.60 Å². The number of hydrogen-bond acceptors (Lipinski definition) is 4. The lowest BCUT2D eigenvalue weighted by Crippen LogP contribution is -2.26. The molecule has 0 N–H and O–H groups in total. The van der Waals surface area contributed by atoms with E-state index in [-0.39, 0.29) is 11.1 Å². The van der Waals surface area contributed by atoms with Crippen molar-refractivity contribution in [2.24, 2.45) is 5.92 Å². The van der Waals surface area contributed by atoms with E-state index in [1.807, 2.05) is 0 Å². The van der Waals surface area contributed by atoms with Crippen molar-refractivity contribution in [3.63, 3.8) is 0 Å². The summed E-state index contributed by atoms with van der Waals surface area (Å²) in [5.74, 6) is -0.912. The van der Waals surface area contributed by atoms with Gasteiger partial charge in [-0.25, -0.2) is 9.59 Å². The Bertz CT molecular complexity index is 415. The summed E-state index contributed by atoms with van der Waals surface area (Å²) in [7, 11) is 0. The predicted octanol–water partition coefficient (Wildman–Crippen LogP) is 4.20. The second-order valence-corrected chi connectivity index (χ2v) is 6.47. The lowest BCUT2D eigenvalue weighted by atomic mass is 10.0. The molecule has 0 saturated heterocycles. The van der Waals surface area contributed by atoms with Crippen LogP contribution in [0.3, 0.4) is 0 Å². The van der Waals surface area contributed by atoms with Gasteiger partial charge in [-0.3, -0.25) is 0 Å². The molecule has 0 aliphatic rings. The summed E-state index contributed by atoms with van der Waals surface area (Å²) < 4.78 is 10.4. The van der Waals surface area contributed by atoms with Gasteiger partial charge in [-0.1, -0.05) is 46.3 Å². The van der Waals surface area contributed by atoms with Crippen molar-refractivity contribution >= 4 is 11.9 Å². The number of hydrogen-bond donors (Lipinski definition) is 0. The lowest BCUT2D eigenvalue weighted by molar-refractivity contribution is -0.151. The zero-order valence-corrected chi connectivity index (χ0v) is 14.7. The molecule has 0 heterocycles. The van der Waals surface area contributed by atoms with E-state index in [4.69, 9.17) is 9.47 Å². The van der Waals surface area contributed by atoms with Gasteiger partial charge in [-0.05, 0) is 33.1 Å². The molecule has 0 aliphatic heterocycles. The van der Waals surface area contributed by atoms with Crippen LogP contribution < -0.4 is 0 Å². The van der Waals surface area contributed by atoms with Crippen LogP contribution in [-0.2, 0) is 19.1 Å². The van der Waals surface area contributed by atoms with Gasteiger partial charge in [-0.2, -0.15) is 0 Å². The van der Waals surface area contributed by atoms with Crippen LogP contribution >= 0.6 is 0 Å². The first-order chi connectivity index (χ1) is 10.1. The smallest absolute Gasteiger partial charge is 0.338 e. The topological polar surface area (TPSA) is 52.6 Å². The molecule has 4 heteroatoms. The van der Waals surface area contributed by atoms with E-state index in [1.54, 1.807) is 20.8 Å². The molecule has 0 fully saturated rings. The summed E-state index contributed by atoms with van der Waals surface area (Å²) >= 11 is 0. The average Bonchev–Trinajstić information content (AvgIpc) is 2.43. The molecule has 126 valence electrons. The number of carbonyl (C=O) groups excluding carboxylic acids is 2. The first kappa shape index (κ1) is 20.4. The van der Waals surface area contributed by atoms with Gasteiger partial charge in [-0.15, -0.1) is 0 Å². The summed E-state index contributed by atoms with van der Waals surface area (Å²) in [4.78, 5) is 23.8. The van der Waals surface area contributed by atoms with Gasteiger partial charge >= 0.3 is 11.9 Å². The van der Waals surface area contributed by atoms with Gasteiger partial charge in [0.25, 0.3) is 0 Å². The van der Waals surface area contributed by atoms with E-state index < -0.39 is 17.5 Å². The monoisotopic (exact) mass is 310 g/mol. The molecule has 4 nitrogen and oxygen atoms in total. The minimum atomic E-state index is -0.646. The highest BCUT2D eigenvalue weighted by molar-refractivity contribution is 6.06. The summed E-state index contributed by atoms with van der Waals surface area (Å²) in [6.07, 6.45) is 4.21. The molecule has 1 unspecified atom stereocenters. The number of esters is 2. The molecular formula is C18H30O4. The Labute approximate surface area is 134 Å². The zero-order chi connectivity index (χ0) is 17.3. The second-order valence-electron chi connectivity index (χ2n) is 6.47. The maximum absolute atomic E-state index is 12.0. The van der Waals surface area contributed by atoms with E-state index in [0.717, 1.165) is 25.7 Å². The fourth-order valence-electron chi connectivity index (χ4n) is 1.76. The highest BCUT2D eigenvalue weighted by atomic mass is 16.6. The third-order valence-corrected chi connectivity index (χ3v) is 3.25. The van der Waals surface area contributed by atoms with Gasteiger partial charge in [0.2, 0.25) is 0 Å². The summed E-state index contributed by atoms with van der Waals surface area (Å²) in [6, 6.07) is 0. The van der Waals surface area contributed by atoms with Crippen molar-refractivity contribution in [1.29, 1.82) is 0 Å². The molecule has 0 aromatic heterocycles. The fraction of sp³-hybridized carbons (Fsp3) is 0.667. The maximum Gasteiger partial charge on any atom is 0.338 e. The Morgan fingerprint density at radius 1 is 1.05 bits per heavy atom. The molecule has 22 heavy (non-hydrogen) atoms. The van der Waals surface area contributed by atoms with Crippen LogP contribution in [0, 0.1) is 5.92 Å². The molecular weight excluding hydrogens is 280 g/mol. The predicted molar refractivity (Wildman–Crippen MR) is 88.4 cm³/mol. The van der Waals surface area contributed by atoms with Crippen molar-refractivity contribution in [3.05, 3.63) is 24.3 Å². The molecule has 0 aromatic carbocycles. The number of ether oxygens (including phenoxy) is 2. The fourth-order valence-corrected chi connectivity index (χ4v) is 1.76. The Hall–Kier alpha value is -1.58. The van der Waals surface area contributed by atoms with Crippen molar-refractivity contribution < 1.29 is 19.1 Å². The number of unbranched alkanes of at least 4 members (excludes halogenated alkanes) is 1. The molecule has 0 radical (unpaired) electrons. The molecule has 0 aromatic rings. The maximum atomic E-state index is 12.0. The van der Waals surface area contributed by atoms with Gasteiger partial charge < -0.3 is 9.47 Å². The Morgan fingerprint density at radius 2 is 1.59 bits per heavy atom. The lowest BCUT2D eigenvalue weighted by Gasteiger charge is -2.20. The number of carbonyl (C=O) groups is 2. The van der Waals surface area contributed by atoms with E-state index in [2.05, 4.69) is 27.0 Å². The van der Waals surface area contributed by atoms with Crippen molar-refractivity contribution in [1.82, 2.24) is 0 Å². The Balaban J connectivity index is 4.44. The summed E-state index contributed by atoms with van der Waals surface area (Å²) in [5, 5.41) is 0. The van der Waals surface area contributed by atoms with Crippen LogP contribution in [0.15, 0.2) is 24.3 Å². The molecule has 0 bridgehead atoms. The van der Waals surface area contributed by atoms with Crippen LogP contribution in [0.5, 0.6) is 0 Å². The first-order valence-corrected chi connectivity index (χ1v) is 7.91. The third kappa shape index (κ3) is 8.01. The van der Waals surface area contributed by atoms with Crippen LogP contribution in [0.2, 0.25) is 0 Å². The van der Waals surface area contributed by atoms with Gasteiger partial charge in [0.05, 0.1) is 17.8 Å². The summed E-state index contributed by atoms with van der Waals surface area (Å²) in [6.45, 7) is 17.0. The number of rotatable bonds is 9. The minimum absolute atomic E-state index is 0.0420. The third-order valence-electron chi connectivity index (χ3n) is 3.25. The standard InChI is InChI=1S/C18H30O4/c1-8-10-11-15(9-2)12-21-16(19)13(3)14(4)17(20)22-18(5,6)7/h15H,3-4,8-12H2,1-2,5-7H3. The molecule has 0 spiro atoms. The van der Waals surface area contributed by atoms with E-state index >= 15 is 0 Å². The molecule has 0 amide bonds. The van der Waals surface area contributed by atoms with Gasteiger partial charge in [0.15, 0.2) is 0 Å². The van der Waals surface area contributed by atoms with Crippen molar-refractivity contribution in [2.45, 2.75) is 65.9 Å². The second kappa shape index (κ2) is 9.44. The van der Waals surface area contributed by atoms with E-state index in [0.29, 0.717) is 12.5 Å². The van der Waals surface area contributed by atoms with Gasteiger partial charge in [0, 0.05) is 0 Å². The average molecular weight is 310 g/mol. The van der Waals surface area contributed by atoms with Crippen LogP contribution in [0.25, 0.3) is 0 Å². The highest BCUT2D eigenvalue weighted by Gasteiger charge is 2.24. The Kier molecular flexibility index (Phi) is 8.76. The molecule has 0 saturated carbocycles. The normalized spacial score (nSPS) is 12.4. The van der Waals surface area contributed by atoms with Crippen LogP contribution in [-0.4, -0.2) is 24.1 Å². The van der Waals surface area contributed by atoms with E-state index in [9.17, 15) is 9.59 Å². The van der Waals surface area contributed by atoms with Crippen LogP contribution in [0.4, 0.5) is 0 Å². The SMILES string of the molecule is C=C(C(=C)C(=O)OC(C)(C)C)C(=O)OCC(CC)CCCC. The quantitative estimate of drug-likeness (QED) is 0.364. The molecule has 1 atom stereocenters.